The SMILES string of the molecule is C[C@@H]1O[C@@H](OCc2cc(O)c3c(c2O)C(=O)c2ccccc2C3=O)CC[C@H]1O. The summed E-state index contributed by atoms with van der Waals surface area (Å²) in [6.45, 7) is 1.62. The van der Waals surface area contributed by atoms with E-state index in [1.165, 1.54) is 18.2 Å². The fraction of sp³-hybridized carbons (Fsp3) is 0.333. The second kappa shape index (κ2) is 7.01. The van der Waals surface area contributed by atoms with Crippen LogP contribution in [0, 0.1) is 0 Å². The summed E-state index contributed by atoms with van der Waals surface area (Å²) in [5.74, 6) is -1.80. The molecule has 2 aromatic rings. The van der Waals surface area contributed by atoms with Crippen molar-refractivity contribution < 1.29 is 34.4 Å². The van der Waals surface area contributed by atoms with Gasteiger partial charge in [0.05, 0.1) is 29.9 Å². The van der Waals surface area contributed by atoms with Gasteiger partial charge in [0, 0.05) is 23.1 Å². The molecule has 1 aliphatic carbocycles. The summed E-state index contributed by atoms with van der Waals surface area (Å²) in [6.07, 6.45) is -0.496. The van der Waals surface area contributed by atoms with E-state index in [9.17, 15) is 24.9 Å². The maximum absolute atomic E-state index is 12.8. The molecule has 1 heterocycles. The minimum Gasteiger partial charge on any atom is -0.507 e. The van der Waals surface area contributed by atoms with Crippen LogP contribution in [-0.2, 0) is 16.1 Å². The van der Waals surface area contributed by atoms with Gasteiger partial charge in [0.15, 0.2) is 17.9 Å². The fourth-order valence-electron chi connectivity index (χ4n) is 3.67. The quantitative estimate of drug-likeness (QED) is 0.594. The lowest BCUT2D eigenvalue weighted by Crippen LogP contribution is -2.37. The van der Waals surface area contributed by atoms with E-state index in [0.29, 0.717) is 12.8 Å². The first-order valence-corrected chi connectivity index (χ1v) is 9.09. The number of aliphatic hydroxyl groups is 1. The Kier molecular flexibility index (Phi) is 4.66. The Morgan fingerprint density at radius 1 is 1.07 bits per heavy atom. The first-order chi connectivity index (χ1) is 13.4. The molecule has 146 valence electrons. The number of carbonyl (C=O) groups is 2. The van der Waals surface area contributed by atoms with Crippen molar-refractivity contribution in [3.05, 3.63) is 58.1 Å². The van der Waals surface area contributed by atoms with Crippen LogP contribution in [0.3, 0.4) is 0 Å². The molecular weight excluding hydrogens is 364 g/mol. The number of benzene rings is 2. The summed E-state index contributed by atoms with van der Waals surface area (Å²) in [5, 5.41) is 30.7. The monoisotopic (exact) mass is 384 g/mol. The molecule has 4 rings (SSSR count). The Labute approximate surface area is 161 Å². The average Bonchev–Trinajstić information content (AvgIpc) is 2.69. The van der Waals surface area contributed by atoms with Crippen molar-refractivity contribution in [3.63, 3.8) is 0 Å². The zero-order valence-corrected chi connectivity index (χ0v) is 15.2. The van der Waals surface area contributed by atoms with E-state index in [0.717, 1.165) is 0 Å². The smallest absolute Gasteiger partial charge is 0.198 e. The Balaban J connectivity index is 1.64. The number of rotatable bonds is 3. The zero-order valence-electron chi connectivity index (χ0n) is 15.2. The highest BCUT2D eigenvalue weighted by atomic mass is 16.7. The van der Waals surface area contributed by atoms with Gasteiger partial charge in [-0.25, -0.2) is 0 Å². The van der Waals surface area contributed by atoms with Gasteiger partial charge >= 0.3 is 0 Å². The molecule has 28 heavy (non-hydrogen) atoms. The molecule has 3 N–H and O–H groups in total. The third-order valence-corrected chi connectivity index (χ3v) is 5.26. The second-order valence-electron chi connectivity index (χ2n) is 7.08. The molecule has 7 nitrogen and oxygen atoms in total. The second-order valence-corrected chi connectivity index (χ2v) is 7.08. The molecule has 1 saturated heterocycles. The molecule has 3 atom stereocenters. The highest BCUT2D eigenvalue weighted by Crippen LogP contribution is 2.40. The van der Waals surface area contributed by atoms with Crippen LogP contribution in [0.1, 0.15) is 57.2 Å². The Morgan fingerprint density at radius 2 is 1.71 bits per heavy atom. The van der Waals surface area contributed by atoms with E-state index in [2.05, 4.69) is 0 Å². The molecule has 1 aliphatic heterocycles. The van der Waals surface area contributed by atoms with Gasteiger partial charge < -0.3 is 24.8 Å². The van der Waals surface area contributed by atoms with E-state index in [1.54, 1.807) is 19.1 Å². The predicted octanol–water partition coefficient (Wildman–Crippen LogP) is 2.28. The molecule has 0 spiro atoms. The van der Waals surface area contributed by atoms with Crippen molar-refractivity contribution in [2.24, 2.45) is 0 Å². The van der Waals surface area contributed by atoms with Gasteiger partial charge in [-0.15, -0.1) is 0 Å². The molecule has 0 aromatic heterocycles. The summed E-state index contributed by atoms with van der Waals surface area (Å²) in [4.78, 5) is 25.6. The highest BCUT2D eigenvalue weighted by Gasteiger charge is 2.35. The number of ether oxygens (including phenoxy) is 2. The number of ketones is 2. The number of aromatic hydroxyl groups is 2. The Morgan fingerprint density at radius 3 is 2.36 bits per heavy atom. The first-order valence-electron chi connectivity index (χ1n) is 9.09. The van der Waals surface area contributed by atoms with Gasteiger partial charge in [-0.05, 0) is 19.4 Å². The molecule has 0 unspecified atom stereocenters. The summed E-state index contributed by atoms with van der Waals surface area (Å²) in [7, 11) is 0. The molecule has 7 heteroatoms. The topological polar surface area (TPSA) is 113 Å². The normalized spacial score (nSPS) is 24.0. The van der Waals surface area contributed by atoms with Crippen LogP contribution in [0.25, 0.3) is 0 Å². The minimum absolute atomic E-state index is 0.122. The standard InChI is InChI=1S/C21H20O7/c1-10-14(22)6-7-16(28-10)27-9-11-8-15(23)17-18(19(11)24)21(26)13-5-3-2-4-12(13)20(17)25/h2-5,8,10,14,16,22-24H,6-7,9H2,1H3/t10-,14+,16+/m0/s1. The third kappa shape index (κ3) is 2.97. The first kappa shape index (κ1) is 18.6. The molecule has 0 radical (unpaired) electrons. The maximum atomic E-state index is 12.8. The van der Waals surface area contributed by atoms with Gasteiger partial charge in [0.2, 0.25) is 0 Å². The lowest BCUT2D eigenvalue weighted by atomic mass is 9.82. The van der Waals surface area contributed by atoms with Crippen LogP contribution in [0.2, 0.25) is 0 Å². The lowest BCUT2D eigenvalue weighted by Gasteiger charge is -2.31. The number of carbonyl (C=O) groups excluding carboxylic acids is 2. The van der Waals surface area contributed by atoms with E-state index in [1.807, 2.05) is 0 Å². The number of hydrogen-bond donors (Lipinski definition) is 3. The molecular formula is C21H20O7. The zero-order chi connectivity index (χ0) is 20.0. The van der Waals surface area contributed by atoms with E-state index >= 15 is 0 Å². The molecule has 1 fully saturated rings. The Bertz CT molecular complexity index is 965. The number of phenolic OH excluding ortho intramolecular Hbond substituents is 2. The number of fused-ring (bicyclic) bond motifs is 2. The van der Waals surface area contributed by atoms with Crippen molar-refractivity contribution in [2.45, 2.75) is 44.9 Å². The van der Waals surface area contributed by atoms with Crippen molar-refractivity contribution in [3.8, 4) is 11.5 Å². The van der Waals surface area contributed by atoms with Gasteiger partial charge in [-0.2, -0.15) is 0 Å². The van der Waals surface area contributed by atoms with Crippen LogP contribution in [0.5, 0.6) is 11.5 Å². The predicted molar refractivity (Wildman–Crippen MR) is 97.4 cm³/mol. The summed E-state index contributed by atoms with van der Waals surface area (Å²) >= 11 is 0. The van der Waals surface area contributed by atoms with Crippen molar-refractivity contribution in [2.75, 3.05) is 0 Å². The maximum Gasteiger partial charge on any atom is 0.198 e. The van der Waals surface area contributed by atoms with Crippen LogP contribution in [0.15, 0.2) is 30.3 Å². The van der Waals surface area contributed by atoms with Crippen molar-refractivity contribution in [1.29, 1.82) is 0 Å². The third-order valence-electron chi connectivity index (χ3n) is 5.26. The van der Waals surface area contributed by atoms with Crippen molar-refractivity contribution >= 4 is 11.6 Å². The van der Waals surface area contributed by atoms with E-state index < -0.39 is 24.0 Å². The molecule has 2 aromatic carbocycles. The lowest BCUT2D eigenvalue weighted by molar-refractivity contribution is -0.221. The number of phenols is 2. The summed E-state index contributed by atoms with van der Waals surface area (Å²) in [5.41, 5.74) is 0.151. The van der Waals surface area contributed by atoms with Crippen LogP contribution < -0.4 is 0 Å². The minimum atomic E-state index is -0.575. The van der Waals surface area contributed by atoms with E-state index in [4.69, 9.17) is 9.47 Å². The molecule has 2 aliphatic rings. The van der Waals surface area contributed by atoms with Crippen LogP contribution in [-0.4, -0.2) is 45.4 Å². The van der Waals surface area contributed by atoms with E-state index in [-0.39, 0.29) is 52.0 Å². The van der Waals surface area contributed by atoms with Crippen LogP contribution >= 0.6 is 0 Å². The summed E-state index contributed by atoms with van der Waals surface area (Å²) < 4.78 is 11.2. The van der Waals surface area contributed by atoms with Gasteiger partial charge in [0.25, 0.3) is 0 Å². The van der Waals surface area contributed by atoms with Crippen molar-refractivity contribution in [1.82, 2.24) is 0 Å². The van der Waals surface area contributed by atoms with Gasteiger partial charge in [0.1, 0.15) is 11.5 Å². The molecule has 0 bridgehead atoms. The number of aliphatic hydroxyl groups excluding tert-OH is 1. The molecule has 0 amide bonds. The van der Waals surface area contributed by atoms with Crippen LogP contribution in [0.4, 0.5) is 0 Å². The summed E-state index contributed by atoms with van der Waals surface area (Å²) in [6, 6.07) is 7.53. The fourth-order valence-corrected chi connectivity index (χ4v) is 3.67. The Hall–Kier alpha value is -2.74. The average molecular weight is 384 g/mol. The highest BCUT2D eigenvalue weighted by molar-refractivity contribution is 6.30. The van der Waals surface area contributed by atoms with Gasteiger partial charge in [-0.1, -0.05) is 24.3 Å². The largest absolute Gasteiger partial charge is 0.507 e. The molecule has 0 saturated carbocycles. The number of hydrogen-bond acceptors (Lipinski definition) is 7. The van der Waals surface area contributed by atoms with Gasteiger partial charge in [-0.3, -0.25) is 9.59 Å².